The lowest BCUT2D eigenvalue weighted by molar-refractivity contribution is -0.384. The van der Waals surface area contributed by atoms with E-state index in [2.05, 4.69) is 20.2 Å². The van der Waals surface area contributed by atoms with E-state index < -0.39 is 14.9 Å². The van der Waals surface area contributed by atoms with Crippen molar-refractivity contribution in [2.24, 2.45) is 0 Å². The highest BCUT2D eigenvalue weighted by Gasteiger charge is 2.18. The molecule has 1 N–H and O–H groups in total. The SMILES string of the molecule is Cc1c(NS(=O)(=O)c2ccc([N+](=O)[O-])cc2)cccc1-n1cnnn1. The highest BCUT2D eigenvalue weighted by molar-refractivity contribution is 7.92. The van der Waals surface area contributed by atoms with Gasteiger partial charge in [0.1, 0.15) is 6.33 Å². The minimum Gasteiger partial charge on any atom is -0.279 e. The predicted molar refractivity (Wildman–Crippen MR) is 87.8 cm³/mol. The van der Waals surface area contributed by atoms with E-state index in [4.69, 9.17) is 0 Å². The van der Waals surface area contributed by atoms with Crippen molar-refractivity contribution in [3.63, 3.8) is 0 Å². The fourth-order valence-electron chi connectivity index (χ4n) is 2.20. The molecule has 0 unspecified atom stereocenters. The molecule has 0 atom stereocenters. The first-order valence-corrected chi connectivity index (χ1v) is 8.47. The average Bonchev–Trinajstić information content (AvgIpc) is 3.11. The molecule has 25 heavy (non-hydrogen) atoms. The normalized spacial score (nSPS) is 11.2. The van der Waals surface area contributed by atoms with Gasteiger partial charge < -0.3 is 0 Å². The maximum Gasteiger partial charge on any atom is 0.269 e. The molecule has 0 fully saturated rings. The fraction of sp³-hybridized carbons (Fsp3) is 0.0714. The number of non-ortho nitro benzene ring substituents is 1. The molecule has 0 radical (unpaired) electrons. The van der Waals surface area contributed by atoms with E-state index in [9.17, 15) is 18.5 Å². The highest BCUT2D eigenvalue weighted by Crippen LogP contribution is 2.25. The minimum absolute atomic E-state index is 0.0784. The van der Waals surface area contributed by atoms with Gasteiger partial charge in [-0.25, -0.2) is 13.1 Å². The van der Waals surface area contributed by atoms with E-state index in [0.717, 1.165) is 12.1 Å². The van der Waals surface area contributed by atoms with Crippen LogP contribution < -0.4 is 4.72 Å². The summed E-state index contributed by atoms with van der Waals surface area (Å²) in [4.78, 5) is 10.00. The molecule has 3 aromatic rings. The van der Waals surface area contributed by atoms with Crippen LogP contribution in [-0.4, -0.2) is 33.5 Å². The Morgan fingerprint density at radius 1 is 1.16 bits per heavy atom. The number of hydrogen-bond donors (Lipinski definition) is 1. The molecule has 10 nitrogen and oxygen atoms in total. The van der Waals surface area contributed by atoms with Crippen LogP contribution in [0.5, 0.6) is 0 Å². The minimum atomic E-state index is -3.90. The van der Waals surface area contributed by atoms with E-state index in [1.807, 2.05) is 0 Å². The van der Waals surface area contributed by atoms with Crippen molar-refractivity contribution in [2.75, 3.05) is 4.72 Å². The Hall–Kier alpha value is -3.34. The maximum absolute atomic E-state index is 12.5. The molecular weight excluding hydrogens is 348 g/mol. The van der Waals surface area contributed by atoms with Gasteiger partial charge in [-0.05, 0) is 47.2 Å². The van der Waals surface area contributed by atoms with Crippen LogP contribution in [0.4, 0.5) is 11.4 Å². The molecule has 128 valence electrons. The van der Waals surface area contributed by atoms with Gasteiger partial charge in [-0.2, -0.15) is 0 Å². The van der Waals surface area contributed by atoms with E-state index in [1.54, 1.807) is 25.1 Å². The number of sulfonamides is 1. The molecule has 0 bridgehead atoms. The Bertz CT molecular complexity index is 1020. The molecular formula is C14H12N6O4S. The second-order valence-electron chi connectivity index (χ2n) is 5.06. The highest BCUT2D eigenvalue weighted by atomic mass is 32.2. The van der Waals surface area contributed by atoms with Gasteiger partial charge in [0.25, 0.3) is 15.7 Å². The van der Waals surface area contributed by atoms with Crippen LogP contribution in [0.1, 0.15) is 5.56 Å². The molecule has 1 aromatic heterocycles. The molecule has 1 heterocycles. The number of nitro groups is 1. The molecule has 0 aliphatic carbocycles. The molecule has 0 spiro atoms. The van der Waals surface area contributed by atoms with Crippen molar-refractivity contribution < 1.29 is 13.3 Å². The van der Waals surface area contributed by atoms with Crippen LogP contribution in [0.25, 0.3) is 5.69 Å². The molecule has 11 heteroatoms. The first-order chi connectivity index (χ1) is 11.9. The summed E-state index contributed by atoms with van der Waals surface area (Å²) in [5.41, 5.74) is 1.41. The van der Waals surface area contributed by atoms with Crippen LogP contribution in [0.15, 0.2) is 53.7 Å². The van der Waals surface area contributed by atoms with Gasteiger partial charge >= 0.3 is 0 Å². The van der Waals surface area contributed by atoms with Gasteiger partial charge in [-0.15, -0.1) is 5.10 Å². The monoisotopic (exact) mass is 360 g/mol. The maximum atomic E-state index is 12.5. The van der Waals surface area contributed by atoms with Crippen molar-refractivity contribution in [1.29, 1.82) is 0 Å². The van der Waals surface area contributed by atoms with Crippen LogP contribution in [0, 0.1) is 17.0 Å². The van der Waals surface area contributed by atoms with Crippen molar-refractivity contribution in [2.45, 2.75) is 11.8 Å². The van der Waals surface area contributed by atoms with Crippen LogP contribution in [0.2, 0.25) is 0 Å². The molecule has 0 aliphatic heterocycles. The molecule has 0 saturated heterocycles. The van der Waals surface area contributed by atoms with Gasteiger partial charge in [-0.3, -0.25) is 14.8 Å². The lowest BCUT2D eigenvalue weighted by Gasteiger charge is -2.13. The van der Waals surface area contributed by atoms with Crippen molar-refractivity contribution in [3.05, 3.63) is 64.5 Å². The topological polar surface area (TPSA) is 133 Å². The lowest BCUT2D eigenvalue weighted by atomic mass is 10.1. The van der Waals surface area contributed by atoms with Gasteiger partial charge in [0.05, 0.1) is 21.2 Å². The number of rotatable bonds is 5. The zero-order valence-corrected chi connectivity index (χ0v) is 13.7. The largest absolute Gasteiger partial charge is 0.279 e. The molecule has 0 saturated carbocycles. The predicted octanol–water partition coefficient (Wildman–Crippen LogP) is 1.68. The van der Waals surface area contributed by atoms with Crippen molar-refractivity contribution >= 4 is 21.4 Å². The molecule has 2 aromatic carbocycles. The standard InChI is InChI=1S/C14H12N6O4S/c1-10-13(3-2-4-14(10)19-9-15-17-18-19)16-25(23,24)12-7-5-11(6-8-12)20(21)22/h2-9,16H,1H3. The number of aromatic nitrogens is 4. The number of benzene rings is 2. The van der Waals surface area contributed by atoms with E-state index >= 15 is 0 Å². The second-order valence-corrected chi connectivity index (χ2v) is 6.74. The van der Waals surface area contributed by atoms with Gasteiger partial charge in [0.2, 0.25) is 0 Å². The molecule has 3 rings (SSSR count). The number of anilines is 1. The summed E-state index contributed by atoms with van der Waals surface area (Å²) in [6.07, 6.45) is 1.40. The Kier molecular flexibility index (Phi) is 4.15. The molecule has 0 aliphatic rings. The fourth-order valence-corrected chi connectivity index (χ4v) is 3.33. The first kappa shape index (κ1) is 16.5. The third kappa shape index (κ3) is 3.30. The van der Waals surface area contributed by atoms with Crippen molar-refractivity contribution in [1.82, 2.24) is 20.2 Å². The van der Waals surface area contributed by atoms with Gasteiger partial charge in [0, 0.05) is 12.1 Å². The summed E-state index contributed by atoms with van der Waals surface area (Å²) in [7, 11) is -3.90. The number of nitrogens with zero attached hydrogens (tertiary/aromatic N) is 5. The third-order valence-electron chi connectivity index (χ3n) is 3.50. The third-order valence-corrected chi connectivity index (χ3v) is 4.88. The van der Waals surface area contributed by atoms with E-state index in [1.165, 1.54) is 23.1 Å². The number of hydrogen-bond acceptors (Lipinski definition) is 7. The van der Waals surface area contributed by atoms with Crippen LogP contribution in [-0.2, 0) is 10.0 Å². The van der Waals surface area contributed by atoms with E-state index in [0.29, 0.717) is 16.9 Å². The summed E-state index contributed by atoms with van der Waals surface area (Å²) in [5.74, 6) is 0. The molecule has 0 amide bonds. The lowest BCUT2D eigenvalue weighted by Crippen LogP contribution is -2.14. The van der Waals surface area contributed by atoms with Crippen LogP contribution >= 0.6 is 0 Å². The summed E-state index contributed by atoms with van der Waals surface area (Å²) in [6, 6.07) is 9.65. The summed E-state index contributed by atoms with van der Waals surface area (Å²) in [6.45, 7) is 1.73. The average molecular weight is 360 g/mol. The number of nitrogens with one attached hydrogen (secondary N) is 1. The van der Waals surface area contributed by atoms with Crippen molar-refractivity contribution in [3.8, 4) is 5.69 Å². The summed E-state index contributed by atoms with van der Waals surface area (Å²) < 4.78 is 28.9. The summed E-state index contributed by atoms with van der Waals surface area (Å²) in [5, 5.41) is 21.6. The number of nitro benzene ring substituents is 1. The second kappa shape index (κ2) is 6.28. The van der Waals surface area contributed by atoms with E-state index in [-0.39, 0.29) is 10.6 Å². The zero-order chi connectivity index (χ0) is 18.0. The smallest absolute Gasteiger partial charge is 0.269 e. The first-order valence-electron chi connectivity index (χ1n) is 6.99. The van der Waals surface area contributed by atoms with Crippen LogP contribution in [0.3, 0.4) is 0 Å². The Morgan fingerprint density at radius 3 is 2.48 bits per heavy atom. The summed E-state index contributed by atoms with van der Waals surface area (Å²) >= 11 is 0. The number of tetrazole rings is 1. The Morgan fingerprint density at radius 2 is 1.88 bits per heavy atom. The zero-order valence-electron chi connectivity index (χ0n) is 12.9. The Labute approximate surface area is 142 Å². The van der Waals surface area contributed by atoms with Gasteiger partial charge in [0.15, 0.2) is 0 Å². The van der Waals surface area contributed by atoms with Gasteiger partial charge in [-0.1, -0.05) is 6.07 Å². The quantitative estimate of drug-likeness (QED) is 0.540. The Balaban J connectivity index is 1.93.